The lowest BCUT2D eigenvalue weighted by molar-refractivity contribution is -0.173. The van der Waals surface area contributed by atoms with Crippen molar-refractivity contribution < 1.29 is 22.7 Å². The minimum absolute atomic E-state index is 0.0149. The van der Waals surface area contributed by atoms with E-state index in [1.165, 1.54) is 0 Å². The highest BCUT2D eigenvalue weighted by Gasteiger charge is 2.27. The molecule has 4 nitrogen and oxygen atoms in total. The Bertz CT molecular complexity index is 231. The number of rotatable bonds is 9. The average molecular weight is 270 g/mol. The van der Waals surface area contributed by atoms with Gasteiger partial charge in [-0.2, -0.15) is 13.2 Å². The largest absolute Gasteiger partial charge is 0.411 e. The van der Waals surface area contributed by atoms with Crippen LogP contribution >= 0.6 is 0 Å². The van der Waals surface area contributed by atoms with E-state index < -0.39 is 12.8 Å². The van der Waals surface area contributed by atoms with E-state index in [9.17, 15) is 18.0 Å². The fraction of sp³-hybridized carbons (Fsp3) is 0.909. The van der Waals surface area contributed by atoms with Crippen LogP contribution in [-0.4, -0.2) is 56.4 Å². The van der Waals surface area contributed by atoms with Gasteiger partial charge in [-0.1, -0.05) is 0 Å². The SMILES string of the molecule is CCN(CC)C(=O)CCNCCOCC(F)(F)F. The van der Waals surface area contributed by atoms with Crippen molar-refractivity contribution in [2.45, 2.75) is 26.4 Å². The highest BCUT2D eigenvalue weighted by atomic mass is 19.4. The third kappa shape index (κ3) is 9.23. The van der Waals surface area contributed by atoms with E-state index in [0.29, 0.717) is 32.6 Å². The van der Waals surface area contributed by atoms with E-state index in [4.69, 9.17) is 0 Å². The first-order valence-electron chi connectivity index (χ1n) is 6.03. The Labute approximate surface area is 105 Å². The normalized spacial score (nSPS) is 11.6. The summed E-state index contributed by atoms with van der Waals surface area (Å²) in [6.45, 7) is 4.66. The topological polar surface area (TPSA) is 41.6 Å². The zero-order valence-corrected chi connectivity index (χ0v) is 10.8. The molecule has 0 saturated carbocycles. The number of nitrogens with one attached hydrogen (secondary N) is 1. The Hall–Kier alpha value is -0.820. The number of carbonyl (C=O) groups excluding carboxylic acids is 1. The third-order valence-electron chi connectivity index (χ3n) is 2.32. The van der Waals surface area contributed by atoms with Gasteiger partial charge >= 0.3 is 6.18 Å². The molecule has 0 saturated heterocycles. The van der Waals surface area contributed by atoms with Crippen molar-refractivity contribution in [1.29, 1.82) is 0 Å². The summed E-state index contributed by atoms with van der Waals surface area (Å²) in [4.78, 5) is 13.2. The zero-order chi connectivity index (χ0) is 14.0. The smallest absolute Gasteiger partial charge is 0.371 e. The lowest BCUT2D eigenvalue weighted by atomic mass is 10.3. The predicted octanol–water partition coefficient (Wildman–Crippen LogP) is 1.41. The van der Waals surface area contributed by atoms with Crippen molar-refractivity contribution in [2.24, 2.45) is 0 Å². The second kappa shape index (κ2) is 9.16. The second-order valence-electron chi connectivity index (χ2n) is 3.73. The average Bonchev–Trinajstić information content (AvgIpc) is 2.28. The second-order valence-corrected chi connectivity index (χ2v) is 3.73. The molecule has 0 atom stereocenters. The summed E-state index contributed by atoms with van der Waals surface area (Å²) < 4.78 is 39.5. The van der Waals surface area contributed by atoms with Gasteiger partial charge in [0.05, 0.1) is 6.61 Å². The van der Waals surface area contributed by atoms with Crippen LogP contribution < -0.4 is 5.32 Å². The summed E-state index contributed by atoms with van der Waals surface area (Å²) in [5.74, 6) is 0.0451. The highest BCUT2D eigenvalue weighted by Crippen LogP contribution is 2.13. The number of amides is 1. The van der Waals surface area contributed by atoms with E-state index in [2.05, 4.69) is 10.1 Å². The number of hydrogen-bond donors (Lipinski definition) is 1. The van der Waals surface area contributed by atoms with E-state index in [1.54, 1.807) is 4.90 Å². The molecule has 0 aliphatic carbocycles. The van der Waals surface area contributed by atoms with E-state index in [1.807, 2.05) is 13.8 Å². The van der Waals surface area contributed by atoms with Gasteiger partial charge in [0.25, 0.3) is 0 Å². The van der Waals surface area contributed by atoms with Gasteiger partial charge < -0.3 is 15.0 Å². The monoisotopic (exact) mass is 270 g/mol. The minimum atomic E-state index is -4.28. The van der Waals surface area contributed by atoms with Crippen molar-refractivity contribution >= 4 is 5.91 Å². The van der Waals surface area contributed by atoms with Crippen LogP contribution in [0.2, 0.25) is 0 Å². The molecule has 18 heavy (non-hydrogen) atoms. The molecule has 7 heteroatoms. The first-order valence-corrected chi connectivity index (χ1v) is 6.03. The van der Waals surface area contributed by atoms with Crippen LogP contribution in [0, 0.1) is 0 Å². The van der Waals surface area contributed by atoms with E-state index in [-0.39, 0.29) is 12.5 Å². The lowest BCUT2D eigenvalue weighted by Gasteiger charge is -2.18. The molecule has 0 aromatic carbocycles. The van der Waals surface area contributed by atoms with Crippen LogP contribution in [0.3, 0.4) is 0 Å². The van der Waals surface area contributed by atoms with Crippen LogP contribution in [0.1, 0.15) is 20.3 Å². The van der Waals surface area contributed by atoms with Gasteiger partial charge in [0, 0.05) is 32.6 Å². The quantitative estimate of drug-likeness (QED) is 0.644. The van der Waals surface area contributed by atoms with Gasteiger partial charge in [0.2, 0.25) is 5.91 Å². The zero-order valence-electron chi connectivity index (χ0n) is 10.8. The van der Waals surface area contributed by atoms with E-state index in [0.717, 1.165) is 0 Å². The molecule has 0 heterocycles. The van der Waals surface area contributed by atoms with Gasteiger partial charge in [-0.15, -0.1) is 0 Å². The van der Waals surface area contributed by atoms with Crippen LogP contribution in [0.4, 0.5) is 13.2 Å². The Morgan fingerprint density at radius 3 is 2.33 bits per heavy atom. The standard InChI is InChI=1S/C11H21F3N2O2/c1-3-16(4-2)10(17)5-6-15-7-8-18-9-11(12,13)14/h15H,3-9H2,1-2H3. The Morgan fingerprint density at radius 1 is 1.22 bits per heavy atom. The van der Waals surface area contributed by atoms with E-state index >= 15 is 0 Å². The molecule has 0 spiro atoms. The molecule has 0 aliphatic rings. The molecule has 1 N–H and O–H groups in total. The summed E-state index contributed by atoms with van der Waals surface area (Å²) in [5.41, 5.74) is 0. The number of hydrogen-bond acceptors (Lipinski definition) is 3. The van der Waals surface area contributed by atoms with Gasteiger partial charge in [-0.25, -0.2) is 0 Å². The maximum absolute atomic E-state index is 11.7. The maximum Gasteiger partial charge on any atom is 0.411 e. The van der Waals surface area contributed by atoms with Crippen molar-refractivity contribution in [2.75, 3.05) is 39.4 Å². The fourth-order valence-electron chi connectivity index (χ4n) is 1.39. The first-order chi connectivity index (χ1) is 8.40. The van der Waals surface area contributed by atoms with Gasteiger partial charge in [0.1, 0.15) is 6.61 Å². The Morgan fingerprint density at radius 2 is 1.83 bits per heavy atom. The van der Waals surface area contributed by atoms with Crippen LogP contribution in [-0.2, 0) is 9.53 Å². The van der Waals surface area contributed by atoms with Gasteiger partial charge in [-0.3, -0.25) is 4.79 Å². The molecule has 0 fully saturated rings. The molecule has 108 valence electrons. The van der Waals surface area contributed by atoms with Crippen LogP contribution in [0.5, 0.6) is 0 Å². The molecule has 0 aromatic rings. The minimum Gasteiger partial charge on any atom is -0.371 e. The molecule has 0 aliphatic heterocycles. The van der Waals surface area contributed by atoms with Crippen LogP contribution in [0.25, 0.3) is 0 Å². The van der Waals surface area contributed by atoms with Crippen LogP contribution in [0.15, 0.2) is 0 Å². The summed E-state index contributed by atoms with van der Waals surface area (Å²) in [6.07, 6.45) is -3.93. The van der Waals surface area contributed by atoms with Gasteiger partial charge in [0.15, 0.2) is 0 Å². The lowest BCUT2D eigenvalue weighted by Crippen LogP contribution is -2.33. The first kappa shape index (κ1) is 17.2. The molecular formula is C11H21F3N2O2. The van der Waals surface area contributed by atoms with Crippen molar-refractivity contribution in [1.82, 2.24) is 10.2 Å². The predicted molar refractivity (Wildman–Crippen MR) is 62.3 cm³/mol. The van der Waals surface area contributed by atoms with Crippen molar-refractivity contribution in [3.05, 3.63) is 0 Å². The summed E-state index contributed by atoms with van der Waals surface area (Å²) in [7, 11) is 0. The summed E-state index contributed by atoms with van der Waals surface area (Å²) in [5, 5.41) is 2.87. The van der Waals surface area contributed by atoms with Gasteiger partial charge in [-0.05, 0) is 13.8 Å². The molecule has 0 rings (SSSR count). The molecule has 1 amide bonds. The Kier molecular flexibility index (Phi) is 8.74. The number of nitrogens with zero attached hydrogens (tertiary/aromatic N) is 1. The summed E-state index contributed by atoms with van der Waals surface area (Å²) in [6, 6.07) is 0. The Balaban J connectivity index is 3.43. The highest BCUT2D eigenvalue weighted by molar-refractivity contribution is 5.76. The summed E-state index contributed by atoms with van der Waals surface area (Å²) >= 11 is 0. The molecular weight excluding hydrogens is 249 g/mol. The number of ether oxygens (including phenoxy) is 1. The van der Waals surface area contributed by atoms with Crippen molar-refractivity contribution in [3.8, 4) is 0 Å². The third-order valence-corrected chi connectivity index (χ3v) is 2.32. The number of halogens is 3. The molecule has 0 bridgehead atoms. The molecule has 0 aromatic heterocycles. The number of carbonyl (C=O) groups is 1. The maximum atomic E-state index is 11.7. The molecule has 0 unspecified atom stereocenters. The van der Waals surface area contributed by atoms with Crippen molar-refractivity contribution in [3.63, 3.8) is 0 Å². The molecule has 0 radical (unpaired) electrons. The number of alkyl halides is 3. The fourth-order valence-corrected chi connectivity index (χ4v) is 1.39.